The van der Waals surface area contributed by atoms with E-state index in [0.717, 1.165) is 24.8 Å². The van der Waals surface area contributed by atoms with Crippen LogP contribution in [0, 0.1) is 0 Å². The molecule has 0 spiro atoms. The number of unbranched alkanes of at least 4 members (excludes halogenated alkanes) is 1. The van der Waals surface area contributed by atoms with E-state index < -0.39 is 0 Å². The molecule has 19 heavy (non-hydrogen) atoms. The molecule has 106 valence electrons. The van der Waals surface area contributed by atoms with Crippen molar-refractivity contribution in [2.75, 3.05) is 0 Å². The molecular formula is C19H30. The Hall–Kier alpha value is -1.26. The third-order valence-corrected chi connectivity index (χ3v) is 3.57. The SMILES string of the molecule is C=C=C(C=C)CCCC/C(C)=C(\CC)C(=C)CCC. The summed E-state index contributed by atoms with van der Waals surface area (Å²) in [5.41, 5.74) is 8.41. The smallest absolute Gasteiger partial charge is 0.00725 e. The van der Waals surface area contributed by atoms with Crippen LogP contribution in [0.4, 0.5) is 0 Å². The minimum absolute atomic E-state index is 1.04. The average Bonchev–Trinajstić information content (AvgIpc) is 2.40. The minimum atomic E-state index is 1.04. The molecule has 0 aliphatic heterocycles. The Kier molecular flexibility index (Phi) is 9.94. The summed E-state index contributed by atoms with van der Waals surface area (Å²) < 4.78 is 0. The van der Waals surface area contributed by atoms with Crippen molar-refractivity contribution in [2.24, 2.45) is 0 Å². The molecule has 0 radical (unpaired) electrons. The highest BCUT2D eigenvalue weighted by molar-refractivity contribution is 5.32. The highest BCUT2D eigenvalue weighted by Crippen LogP contribution is 2.24. The van der Waals surface area contributed by atoms with Crippen molar-refractivity contribution < 1.29 is 0 Å². The Morgan fingerprint density at radius 3 is 2.21 bits per heavy atom. The fraction of sp³-hybridized carbons (Fsp3) is 0.526. The average molecular weight is 258 g/mol. The molecule has 0 amide bonds. The number of hydrogen-bond donors (Lipinski definition) is 0. The van der Waals surface area contributed by atoms with Crippen LogP contribution in [0.15, 0.2) is 53.8 Å². The summed E-state index contributed by atoms with van der Waals surface area (Å²) in [6.45, 7) is 18.4. The molecule has 0 rings (SSSR count). The maximum absolute atomic E-state index is 4.23. The van der Waals surface area contributed by atoms with Gasteiger partial charge in [0, 0.05) is 0 Å². The molecule has 0 aromatic rings. The first-order valence-corrected chi connectivity index (χ1v) is 7.48. The normalized spacial score (nSPS) is 11.5. The molecule has 0 atom stereocenters. The van der Waals surface area contributed by atoms with Gasteiger partial charge in [-0.1, -0.05) is 57.2 Å². The van der Waals surface area contributed by atoms with Crippen molar-refractivity contribution in [1.82, 2.24) is 0 Å². The molecule has 0 N–H and O–H groups in total. The highest BCUT2D eigenvalue weighted by Gasteiger charge is 2.04. The Bertz CT molecular complexity index is 373. The lowest BCUT2D eigenvalue weighted by Gasteiger charge is -2.13. The van der Waals surface area contributed by atoms with Gasteiger partial charge in [0.05, 0.1) is 0 Å². The monoisotopic (exact) mass is 258 g/mol. The minimum Gasteiger partial charge on any atom is -0.125 e. The molecule has 0 bridgehead atoms. The molecule has 0 aliphatic carbocycles. The van der Waals surface area contributed by atoms with Gasteiger partial charge in [-0.25, -0.2) is 0 Å². The van der Waals surface area contributed by atoms with Crippen LogP contribution in [0.5, 0.6) is 0 Å². The summed E-state index contributed by atoms with van der Waals surface area (Å²) in [6, 6.07) is 0. The second-order valence-electron chi connectivity index (χ2n) is 5.08. The van der Waals surface area contributed by atoms with E-state index in [9.17, 15) is 0 Å². The predicted octanol–water partition coefficient (Wildman–Crippen LogP) is 6.53. The van der Waals surface area contributed by atoms with Gasteiger partial charge in [0.2, 0.25) is 0 Å². The van der Waals surface area contributed by atoms with E-state index in [0.29, 0.717) is 0 Å². The Labute approximate surface area is 120 Å². The zero-order chi connectivity index (χ0) is 14.7. The molecule has 0 nitrogen and oxygen atoms in total. The van der Waals surface area contributed by atoms with E-state index in [2.05, 4.69) is 46.2 Å². The lowest BCUT2D eigenvalue weighted by Crippen LogP contribution is -1.93. The molecule has 0 fully saturated rings. The van der Waals surface area contributed by atoms with Crippen molar-refractivity contribution in [3.05, 3.63) is 53.8 Å². The lowest BCUT2D eigenvalue weighted by atomic mass is 9.93. The Balaban J connectivity index is 4.33. The summed E-state index contributed by atoms with van der Waals surface area (Å²) in [6.07, 6.45) is 9.88. The van der Waals surface area contributed by atoms with Gasteiger partial charge in [-0.3, -0.25) is 0 Å². The third-order valence-electron chi connectivity index (χ3n) is 3.57. The standard InChI is InChI=1S/C19H30/c1-7-13-16(5)19(10-4)17(6)14-11-12-15-18(8-2)9-3/h8H,2-3,5,7,10-15H2,1,4,6H3/b19-17+. The fourth-order valence-electron chi connectivity index (χ4n) is 2.43. The van der Waals surface area contributed by atoms with E-state index in [4.69, 9.17) is 0 Å². The van der Waals surface area contributed by atoms with Crippen LogP contribution < -0.4 is 0 Å². The van der Waals surface area contributed by atoms with Gasteiger partial charge in [-0.15, -0.1) is 5.73 Å². The van der Waals surface area contributed by atoms with Gasteiger partial charge in [0.15, 0.2) is 0 Å². The van der Waals surface area contributed by atoms with Crippen LogP contribution >= 0.6 is 0 Å². The molecular weight excluding hydrogens is 228 g/mol. The lowest BCUT2D eigenvalue weighted by molar-refractivity contribution is 0.724. The van der Waals surface area contributed by atoms with Crippen molar-refractivity contribution in [1.29, 1.82) is 0 Å². The Morgan fingerprint density at radius 2 is 1.74 bits per heavy atom. The van der Waals surface area contributed by atoms with Crippen LogP contribution in [-0.4, -0.2) is 0 Å². The van der Waals surface area contributed by atoms with Crippen LogP contribution in [0.25, 0.3) is 0 Å². The first kappa shape index (κ1) is 17.7. The van der Waals surface area contributed by atoms with Crippen molar-refractivity contribution >= 4 is 0 Å². The van der Waals surface area contributed by atoms with Crippen molar-refractivity contribution in [3.63, 3.8) is 0 Å². The van der Waals surface area contributed by atoms with Gasteiger partial charge < -0.3 is 0 Å². The molecule has 0 aromatic heterocycles. The molecule has 0 aromatic carbocycles. The summed E-state index contributed by atoms with van der Waals surface area (Å²) in [4.78, 5) is 0. The maximum atomic E-state index is 4.23. The molecule has 0 heterocycles. The summed E-state index contributed by atoms with van der Waals surface area (Å²) in [7, 11) is 0. The second-order valence-corrected chi connectivity index (χ2v) is 5.08. The first-order valence-electron chi connectivity index (χ1n) is 7.48. The van der Waals surface area contributed by atoms with Crippen LogP contribution in [-0.2, 0) is 0 Å². The van der Waals surface area contributed by atoms with E-state index >= 15 is 0 Å². The van der Waals surface area contributed by atoms with Gasteiger partial charge in [-0.05, 0) is 56.6 Å². The van der Waals surface area contributed by atoms with E-state index in [1.807, 2.05) is 6.08 Å². The fourth-order valence-corrected chi connectivity index (χ4v) is 2.43. The molecule has 0 saturated carbocycles. The molecule has 0 aliphatic rings. The second kappa shape index (κ2) is 10.6. The highest BCUT2D eigenvalue weighted by atomic mass is 14.1. The third kappa shape index (κ3) is 7.03. The van der Waals surface area contributed by atoms with Gasteiger partial charge in [-0.2, -0.15) is 0 Å². The molecule has 0 unspecified atom stereocenters. The quantitative estimate of drug-likeness (QED) is 0.237. The zero-order valence-electron chi connectivity index (χ0n) is 13.1. The van der Waals surface area contributed by atoms with Crippen molar-refractivity contribution in [3.8, 4) is 0 Å². The largest absolute Gasteiger partial charge is 0.125 e. The summed E-state index contributed by atoms with van der Waals surface area (Å²) in [5, 5.41) is 0. The predicted molar refractivity (Wildman–Crippen MR) is 88.4 cm³/mol. The number of allylic oxidation sites excluding steroid dienone is 5. The maximum Gasteiger partial charge on any atom is -0.00725 e. The summed E-state index contributed by atoms with van der Waals surface area (Å²) in [5.74, 6) is 0. The van der Waals surface area contributed by atoms with Gasteiger partial charge >= 0.3 is 0 Å². The van der Waals surface area contributed by atoms with E-state index in [1.54, 1.807) is 0 Å². The van der Waals surface area contributed by atoms with Crippen molar-refractivity contribution in [2.45, 2.75) is 65.7 Å². The van der Waals surface area contributed by atoms with Gasteiger partial charge in [0.25, 0.3) is 0 Å². The topological polar surface area (TPSA) is 0 Å². The van der Waals surface area contributed by atoms with Crippen LogP contribution in [0.2, 0.25) is 0 Å². The van der Waals surface area contributed by atoms with Gasteiger partial charge in [0.1, 0.15) is 0 Å². The van der Waals surface area contributed by atoms with E-state index in [1.165, 1.54) is 42.4 Å². The number of hydrogen-bond acceptors (Lipinski definition) is 0. The van der Waals surface area contributed by atoms with Crippen LogP contribution in [0.3, 0.4) is 0 Å². The molecule has 0 saturated heterocycles. The Morgan fingerprint density at radius 1 is 1.11 bits per heavy atom. The van der Waals surface area contributed by atoms with Crippen LogP contribution in [0.1, 0.15) is 65.7 Å². The summed E-state index contributed by atoms with van der Waals surface area (Å²) >= 11 is 0. The molecule has 0 heteroatoms. The zero-order valence-corrected chi connectivity index (χ0v) is 13.1. The number of rotatable bonds is 10. The first-order chi connectivity index (χ1) is 9.10. The van der Waals surface area contributed by atoms with E-state index in [-0.39, 0.29) is 0 Å².